The zero-order valence-electron chi connectivity index (χ0n) is 21.2. The summed E-state index contributed by atoms with van der Waals surface area (Å²) in [5.74, 6) is -1.70. The van der Waals surface area contributed by atoms with Gasteiger partial charge in [0.25, 0.3) is 0 Å². The topological polar surface area (TPSA) is 146 Å². The molecule has 0 aromatic carbocycles. The van der Waals surface area contributed by atoms with Gasteiger partial charge in [-0.1, -0.05) is 19.6 Å². The zero-order chi connectivity index (χ0) is 25.7. The molecule has 0 fully saturated rings. The molecule has 2 atom stereocenters. The van der Waals surface area contributed by atoms with E-state index < -0.39 is 49.7 Å². The van der Waals surface area contributed by atoms with Crippen LogP contribution in [0.5, 0.6) is 0 Å². The first-order valence-electron chi connectivity index (χ1n) is 11.4. The number of rotatable bonds is 14. The normalized spacial score (nSPS) is 13.5. The number of esters is 2. The molecule has 0 aromatic heterocycles. The summed E-state index contributed by atoms with van der Waals surface area (Å²) in [6.45, 7) is 12.4. The molecule has 0 spiro atoms. The molecule has 0 saturated carbocycles. The highest BCUT2D eigenvalue weighted by molar-refractivity contribution is 6.76. The molecule has 33 heavy (non-hydrogen) atoms. The molecule has 0 saturated heterocycles. The van der Waals surface area contributed by atoms with Crippen molar-refractivity contribution in [3.8, 4) is 0 Å². The number of amides is 2. The van der Waals surface area contributed by atoms with Crippen LogP contribution >= 0.6 is 0 Å². The van der Waals surface area contributed by atoms with Gasteiger partial charge >= 0.3 is 18.0 Å². The van der Waals surface area contributed by atoms with E-state index in [1.807, 2.05) is 0 Å². The smallest absolute Gasteiger partial charge is 0.407 e. The minimum absolute atomic E-state index is 0.0133. The molecule has 0 radical (unpaired) electrons. The second-order valence-electron chi connectivity index (χ2n) is 10.1. The largest absolute Gasteiger partial charge is 0.467 e. The molecule has 2 amide bonds. The van der Waals surface area contributed by atoms with E-state index in [-0.39, 0.29) is 19.4 Å². The van der Waals surface area contributed by atoms with Crippen molar-refractivity contribution in [2.24, 2.45) is 5.73 Å². The summed E-state index contributed by atoms with van der Waals surface area (Å²) < 4.78 is 15.3. The summed E-state index contributed by atoms with van der Waals surface area (Å²) in [5.41, 5.74) is 4.83. The summed E-state index contributed by atoms with van der Waals surface area (Å²) in [5, 5.41) is 5.13. The Morgan fingerprint density at radius 3 is 2.12 bits per heavy atom. The monoisotopic (exact) mass is 489 g/mol. The molecule has 0 bridgehead atoms. The molecule has 1 unspecified atom stereocenters. The highest BCUT2D eigenvalue weighted by atomic mass is 28.3. The number of nitrogens with one attached hydrogen (secondary N) is 2. The SMILES string of the molecule is COC(=O)[C@H](CCCCN)NC(=O)C(CCC(=O)OC(C)(C)C)NC(=O)OCC[Si](C)(C)C. The first kappa shape index (κ1) is 30.9. The van der Waals surface area contributed by atoms with Crippen LogP contribution in [0.25, 0.3) is 0 Å². The Kier molecular flexibility index (Phi) is 13.9. The van der Waals surface area contributed by atoms with Gasteiger partial charge < -0.3 is 30.6 Å². The molecule has 0 heterocycles. The Hall–Kier alpha value is -2.14. The number of methoxy groups -OCH3 is 1. The molecule has 0 aromatic rings. The van der Waals surface area contributed by atoms with E-state index in [0.29, 0.717) is 25.8 Å². The van der Waals surface area contributed by atoms with Crippen molar-refractivity contribution in [3.63, 3.8) is 0 Å². The van der Waals surface area contributed by atoms with Crippen LogP contribution in [0.1, 0.15) is 52.9 Å². The van der Waals surface area contributed by atoms with Crippen molar-refractivity contribution in [3.05, 3.63) is 0 Å². The lowest BCUT2D eigenvalue weighted by Crippen LogP contribution is -2.52. The molecule has 0 aliphatic rings. The van der Waals surface area contributed by atoms with Gasteiger partial charge in [-0.2, -0.15) is 0 Å². The third kappa shape index (κ3) is 16.2. The number of hydrogen-bond donors (Lipinski definition) is 3. The van der Waals surface area contributed by atoms with Gasteiger partial charge in [0.2, 0.25) is 5.91 Å². The van der Waals surface area contributed by atoms with E-state index in [9.17, 15) is 19.2 Å². The number of carbonyl (C=O) groups excluding carboxylic acids is 4. The summed E-state index contributed by atoms with van der Waals surface area (Å²) in [6, 6.07) is -1.19. The second-order valence-corrected chi connectivity index (χ2v) is 15.8. The number of unbranched alkanes of at least 4 members (excludes halogenated alkanes) is 1. The highest BCUT2D eigenvalue weighted by Gasteiger charge is 2.29. The fourth-order valence-corrected chi connectivity index (χ4v) is 3.43. The molecule has 0 rings (SSSR count). The van der Waals surface area contributed by atoms with Crippen LogP contribution in [-0.2, 0) is 28.6 Å². The van der Waals surface area contributed by atoms with Crippen molar-refractivity contribution in [2.75, 3.05) is 20.3 Å². The Morgan fingerprint density at radius 2 is 1.61 bits per heavy atom. The average molecular weight is 490 g/mol. The van der Waals surface area contributed by atoms with Gasteiger partial charge in [-0.25, -0.2) is 9.59 Å². The summed E-state index contributed by atoms with van der Waals surface area (Å²) >= 11 is 0. The number of hydrogen-bond acceptors (Lipinski definition) is 8. The molecule has 192 valence electrons. The van der Waals surface area contributed by atoms with E-state index in [1.54, 1.807) is 20.8 Å². The summed E-state index contributed by atoms with van der Waals surface area (Å²) in [6.07, 6.45) is 0.782. The minimum Gasteiger partial charge on any atom is -0.467 e. The van der Waals surface area contributed by atoms with Crippen molar-refractivity contribution in [1.82, 2.24) is 10.6 Å². The van der Waals surface area contributed by atoms with Crippen LogP contribution in [0, 0.1) is 0 Å². The Balaban J connectivity index is 5.21. The fourth-order valence-electron chi connectivity index (χ4n) is 2.71. The van der Waals surface area contributed by atoms with E-state index >= 15 is 0 Å². The molecule has 11 heteroatoms. The Labute approximate surface area is 198 Å². The van der Waals surface area contributed by atoms with Crippen LogP contribution < -0.4 is 16.4 Å². The van der Waals surface area contributed by atoms with Gasteiger partial charge in [0.05, 0.1) is 13.7 Å². The fraction of sp³-hybridized carbons (Fsp3) is 0.818. The predicted octanol–water partition coefficient (Wildman–Crippen LogP) is 2.33. The van der Waals surface area contributed by atoms with Crippen LogP contribution in [-0.4, -0.2) is 70.0 Å². The lowest BCUT2D eigenvalue weighted by atomic mass is 10.1. The van der Waals surface area contributed by atoms with Crippen LogP contribution in [0.4, 0.5) is 4.79 Å². The lowest BCUT2D eigenvalue weighted by molar-refractivity contribution is -0.155. The van der Waals surface area contributed by atoms with Crippen molar-refractivity contribution in [1.29, 1.82) is 0 Å². The van der Waals surface area contributed by atoms with E-state index in [4.69, 9.17) is 19.9 Å². The molecular formula is C22H43N3O7Si. The van der Waals surface area contributed by atoms with Crippen molar-refractivity contribution < 1.29 is 33.4 Å². The van der Waals surface area contributed by atoms with Gasteiger partial charge in [0, 0.05) is 14.5 Å². The Morgan fingerprint density at radius 1 is 0.970 bits per heavy atom. The number of ether oxygens (including phenoxy) is 3. The van der Waals surface area contributed by atoms with Gasteiger partial charge in [0.15, 0.2) is 0 Å². The summed E-state index contributed by atoms with van der Waals surface area (Å²) in [4.78, 5) is 49.4. The number of carbonyl (C=O) groups is 4. The van der Waals surface area contributed by atoms with E-state index in [2.05, 4.69) is 30.3 Å². The second kappa shape index (κ2) is 14.9. The first-order chi connectivity index (χ1) is 15.2. The quantitative estimate of drug-likeness (QED) is 0.146. The molecule has 0 aliphatic heterocycles. The minimum atomic E-state index is -1.40. The maximum absolute atomic E-state index is 12.9. The average Bonchev–Trinajstić information content (AvgIpc) is 2.67. The Bertz CT molecular complexity index is 645. The van der Waals surface area contributed by atoms with Crippen molar-refractivity contribution >= 4 is 32.0 Å². The zero-order valence-corrected chi connectivity index (χ0v) is 22.2. The van der Waals surface area contributed by atoms with Crippen molar-refractivity contribution in [2.45, 2.75) is 96.2 Å². The maximum atomic E-state index is 12.9. The molecule has 0 aliphatic carbocycles. The van der Waals surface area contributed by atoms with Gasteiger partial charge in [-0.15, -0.1) is 0 Å². The van der Waals surface area contributed by atoms with Gasteiger partial charge in [-0.05, 0) is 59.0 Å². The van der Waals surface area contributed by atoms with Crippen LogP contribution in [0.3, 0.4) is 0 Å². The maximum Gasteiger partial charge on any atom is 0.407 e. The van der Waals surface area contributed by atoms with E-state index in [1.165, 1.54) is 7.11 Å². The van der Waals surface area contributed by atoms with E-state index in [0.717, 1.165) is 6.04 Å². The standard InChI is InChI=1S/C22H43N3O7Si/c1-22(2,3)32-18(26)12-11-16(25-21(29)31-14-15-33(5,6)7)19(27)24-17(20(28)30-4)10-8-9-13-23/h16-17H,8-15,23H2,1-7H3,(H,24,27)(H,25,29)/t16?,17-/m0/s1. The van der Waals surface area contributed by atoms with Crippen LogP contribution in [0.15, 0.2) is 0 Å². The summed E-state index contributed by atoms with van der Waals surface area (Å²) in [7, 11) is -0.165. The third-order valence-corrected chi connectivity index (χ3v) is 6.20. The predicted molar refractivity (Wildman–Crippen MR) is 128 cm³/mol. The number of nitrogens with two attached hydrogens (primary N) is 1. The van der Waals surface area contributed by atoms with Crippen LogP contribution in [0.2, 0.25) is 25.7 Å². The molecular weight excluding hydrogens is 446 g/mol. The number of alkyl carbamates (subject to hydrolysis) is 1. The molecule has 4 N–H and O–H groups in total. The lowest BCUT2D eigenvalue weighted by Gasteiger charge is -2.23. The van der Waals surface area contributed by atoms with Gasteiger partial charge in [0.1, 0.15) is 17.7 Å². The van der Waals surface area contributed by atoms with Gasteiger partial charge in [-0.3, -0.25) is 9.59 Å². The molecule has 10 nitrogen and oxygen atoms in total. The third-order valence-electron chi connectivity index (χ3n) is 4.50. The first-order valence-corrected chi connectivity index (χ1v) is 15.1. The highest BCUT2D eigenvalue weighted by Crippen LogP contribution is 2.12.